The molecule has 0 atom stereocenters. The average Bonchev–Trinajstić information content (AvgIpc) is 2.79. The van der Waals surface area contributed by atoms with Gasteiger partial charge in [0.1, 0.15) is 11.6 Å². The Morgan fingerprint density at radius 3 is 2.41 bits per heavy atom. The molecule has 2 heterocycles. The molecule has 0 unspecified atom stereocenters. The molecule has 32 heavy (non-hydrogen) atoms. The first-order chi connectivity index (χ1) is 15.5. The lowest BCUT2D eigenvalue weighted by atomic mass is 10.2. The summed E-state index contributed by atoms with van der Waals surface area (Å²) in [4.78, 5) is 25.9. The van der Waals surface area contributed by atoms with Crippen LogP contribution in [0, 0.1) is 20.8 Å². The van der Waals surface area contributed by atoms with Gasteiger partial charge in [0, 0.05) is 43.6 Å². The van der Waals surface area contributed by atoms with E-state index in [1.54, 1.807) is 0 Å². The molecule has 0 saturated carbocycles. The molecule has 7 nitrogen and oxygen atoms in total. The standard InChI is InChI=1S/C25H29N5O2/c1-18-7-9-21(10-8-18)27-25-26-20(3)16-23(28-25)29-11-13-30(14-12-29)24(31)17-32-22-6-4-5-19(2)15-22/h4-10,15-16H,11-14,17H2,1-3H3,(H,26,27,28). The Hall–Kier alpha value is -3.61. The second kappa shape index (κ2) is 9.68. The van der Waals surface area contributed by atoms with E-state index >= 15 is 0 Å². The topological polar surface area (TPSA) is 70.6 Å². The highest BCUT2D eigenvalue weighted by atomic mass is 16.5. The van der Waals surface area contributed by atoms with Crippen LogP contribution in [0.4, 0.5) is 17.5 Å². The van der Waals surface area contributed by atoms with Crippen LogP contribution in [-0.2, 0) is 4.79 Å². The Kier molecular flexibility index (Phi) is 6.54. The van der Waals surface area contributed by atoms with Gasteiger partial charge in [-0.25, -0.2) is 4.98 Å². The minimum Gasteiger partial charge on any atom is -0.484 e. The summed E-state index contributed by atoms with van der Waals surface area (Å²) < 4.78 is 5.68. The molecular formula is C25H29N5O2. The molecule has 1 aliphatic heterocycles. The number of carbonyl (C=O) groups is 1. The van der Waals surface area contributed by atoms with Crippen LogP contribution in [0.15, 0.2) is 54.6 Å². The number of benzene rings is 2. The molecule has 1 fully saturated rings. The summed E-state index contributed by atoms with van der Waals surface area (Å²) in [6.07, 6.45) is 0. The fourth-order valence-electron chi connectivity index (χ4n) is 3.66. The molecule has 2 aromatic carbocycles. The Morgan fingerprint density at radius 2 is 1.69 bits per heavy atom. The fourth-order valence-corrected chi connectivity index (χ4v) is 3.66. The molecule has 3 aromatic rings. The van der Waals surface area contributed by atoms with Crippen molar-refractivity contribution in [1.29, 1.82) is 0 Å². The fraction of sp³-hybridized carbons (Fsp3) is 0.320. The lowest BCUT2D eigenvalue weighted by Crippen LogP contribution is -2.50. The Labute approximate surface area is 189 Å². The molecule has 0 bridgehead atoms. The van der Waals surface area contributed by atoms with Crippen molar-refractivity contribution in [3.63, 3.8) is 0 Å². The molecule has 0 spiro atoms. The predicted molar refractivity (Wildman–Crippen MR) is 127 cm³/mol. The van der Waals surface area contributed by atoms with Gasteiger partial charge in [0.15, 0.2) is 6.61 Å². The largest absolute Gasteiger partial charge is 0.484 e. The zero-order valence-corrected chi connectivity index (χ0v) is 18.8. The van der Waals surface area contributed by atoms with E-state index < -0.39 is 0 Å². The molecule has 1 saturated heterocycles. The molecule has 0 aliphatic carbocycles. The summed E-state index contributed by atoms with van der Waals surface area (Å²) >= 11 is 0. The van der Waals surface area contributed by atoms with Crippen LogP contribution in [0.1, 0.15) is 16.8 Å². The van der Waals surface area contributed by atoms with E-state index in [0.717, 1.165) is 41.6 Å². The molecule has 7 heteroatoms. The van der Waals surface area contributed by atoms with Crippen molar-refractivity contribution in [2.45, 2.75) is 20.8 Å². The number of hydrogen-bond donors (Lipinski definition) is 1. The van der Waals surface area contributed by atoms with Crippen LogP contribution in [0.3, 0.4) is 0 Å². The minimum atomic E-state index is 0.00625. The maximum Gasteiger partial charge on any atom is 0.260 e. The van der Waals surface area contributed by atoms with Gasteiger partial charge in [-0.2, -0.15) is 4.98 Å². The van der Waals surface area contributed by atoms with Gasteiger partial charge in [0.2, 0.25) is 5.95 Å². The Morgan fingerprint density at radius 1 is 0.938 bits per heavy atom. The number of amides is 1. The summed E-state index contributed by atoms with van der Waals surface area (Å²) in [5, 5.41) is 3.28. The van der Waals surface area contributed by atoms with E-state index in [2.05, 4.69) is 34.3 Å². The van der Waals surface area contributed by atoms with E-state index in [-0.39, 0.29) is 12.5 Å². The normalized spacial score (nSPS) is 13.7. The number of aromatic nitrogens is 2. The van der Waals surface area contributed by atoms with E-state index in [1.165, 1.54) is 5.56 Å². The number of ether oxygens (including phenoxy) is 1. The average molecular weight is 432 g/mol. The zero-order chi connectivity index (χ0) is 22.5. The molecular weight excluding hydrogens is 402 g/mol. The van der Waals surface area contributed by atoms with Gasteiger partial charge >= 0.3 is 0 Å². The third-order valence-corrected chi connectivity index (χ3v) is 5.46. The SMILES string of the molecule is Cc1ccc(Nc2nc(C)cc(N3CCN(C(=O)COc4cccc(C)c4)CC3)n2)cc1. The quantitative estimate of drug-likeness (QED) is 0.639. The van der Waals surface area contributed by atoms with Crippen LogP contribution in [0.25, 0.3) is 0 Å². The van der Waals surface area contributed by atoms with Crippen molar-refractivity contribution in [2.75, 3.05) is 43.0 Å². The minimum absolute atomic E-state index is 0.00625. The first-order valence-electron chi connectivity index (χ1n) is 10.9. The van der Waals surface area contributed by atoms with Crippen LogP contribution in [-0.4, -0.2) is 53.6 Å². The first kappa shape index (κ1) is 21.6. The third-order valence-electron chi connectivity index (χ3n) is 5.46. The maximum absolute atomic E-state index is 12.6. The van der Waals surface area contributed by atoms with Gasteiger partial charge in [-0.15, -0.1) is 0 Å². The van der Waals surface area contributed by atoms with Crippen LogP contribution >= 0.6 is 0 Å². The molecule has 1 aromatic heterocycles. The number of piperazine rings is 1. The predicted octanol–water partition coefficient (Wildman–Crippen LogP) is 3.87. The second-order valence-corrected chi connectivity index (χ2v) is 8.16. The molecule has 1 N–H and O–H groups in total. The Bertz CT molecular complexity index is 1080. The lowest BCUT2D eigenvalue weighted by Gasteiger charge is -2.35. The van der Waals surface area contributed by atoms with Gasteiger partial charge in [-0.3, -0.25) is 4.79 Å². The number of rotatable bonds is 6. The number of carbonyl (C=O) groups excluding carboxylic acids is 1. The highest BCUT2D eigenvalue weighted by Crippen LogP contribution is 2.20. The number of anilines is 3. The van der Waals surface area contributed by atoms with Gasteiger partial charge in [0.05, 0.1) is 0 Å². The van der Waals surface area contributed by atoms with Gasteiger partial charge in [-0.1, -0.05) is 29.8 Å². The number of hydrogen-bond acceptors (Lipinski definition) is 6. The van der Waals surface area contributed by atoms with E-state index in [1.807, 2.05) is 61.2 Å². The molecule has 1 aliphatic rings. The van der Waals surface area contributed by atoms with Crippen molar-refractivity contribution >= 4 is 23.4 Å². The second-order valence-electron chi connectivity index (χ2n) is 8.16. The maximum atomic E-state index is 12.6. The van der Waals surface area contributed by atoms with Crippen LogP contribution in [0.2, 0.25) is 0 Å². The highest BCUT2D eigenvalue weighted by Gasteiger charge is 2.23. The Balaban J connectivity index is 1.33. The summed E-state index contributed by atoms with van der Waals surface area (Å²) in [5.74, 6) is 2.18. The van der Waals surface area contributed by atoms with Crippen LogP contribution in [0.5, 0.6) is 5.75 Å². The van der Waals surface area contributed by atoms with Gasteiger partial charge in [-0.05, 0) is 50.6 Å². The smallest absolute Gasteiger partial charge is 0.260 e. The van der Waals surface area contributed by atoms with Crippen LogP contribution < -0.4 is 15.0 Å². The summed E-state index contributed by atoms with van der Waals surface area (Å²) in [5.41, 5.74) is 4.17. The molecule has 0 radical (unpaired) electrons. The molecule has 1 amide bonds. The molecule has 4 rings (SSSR count). The van der Waals surface area contributed by atoms with Crippen molar-refractivity contribution in [3.8, 4) is 5.75 Å². The van der Waals surface area contributed by atoms with Crippen molar-refractivity contribution < 1.29 is 9.53 Å². The van der Waals surface area contributed by atoms with Crippen molar-refractivity contribution in [3.05, 3.63) is 71.4 Å². The number of nitrogens with one attached hydrogen (secondary N) is 1. The summed E-state index contributed by atoms with van der Waals surface area (Å²) in [6, 6.07) is 17.9. The third kappa shape index (κ3) is 5.55. The van der Waals surface area contributed by atoms with E-state index in [4.69, 9.17) is 9.72 Å². The van der Waals surface area contributed by atoms with Crippen molar-refractivity contribution in [2.24, 2.45) is 0 Å². The highest BCUT2D eigenvalue weighted by molar-refractivity contribution is 5.78. The first-order valence-corrected chi connectivity index (χ1v) is 10.9. The van der Waals surface area contributed by atoms with E-state index in [0.29, 0.717) is 19.0 Å². The number of aryl methyl sites for hydroxylation is 3. The summed E-state index contributed by atoms with van der Waals surface area (Å²) in [7, 11) is 0. The lowest BCUT2D eigenvalue weighted by molar-refractivity contribution is -0.133. The van der Waals surface area contributed by atoms with Crippen molar-refractivity contribution in [1.82, 2.24) is 14.9 Å². The van der Waals surface area contributed by atoms with E-state index in [9.17, 15) is 4.79 Å². The summed E-state index contributed by atoms with van der Waals surface area (Å²) in [6.45, 7) is 8.80. The zero-order valence-electron chi connectivity index (χ0n) is 18.8. The van der Waals surface area contributed by atoms with Gasteiger partial charge < -0.3 is 19.9 Å². The molecule has 166 valence electrons. The van der Waals surface area contributed by atoms with Gasteiger partial charge in [0.25, 0.3) is 5.91 Å². The monoisotopic (exact) mass is 431 g/mol. The number of nitrogens with zero attached hydrogens (tertiary/aromatic N) is 4.